The minimum atomic E-state index is -0.866. The Morgan fingerprint density at radius 2 is 1.58 bits per heavy atom. The number of rotatable bonds is 9. The summed E-state index contributed by atoms with van der Waals surface area (Å²) in [6, 6.07) is -0.155. The summed E-state index contributed by atoms with van der Waals surface area (Å²) >= 11 is 0. The smallest absolute Gasteiger partial charge is 0.303 e. The fraction of sp³-hybridized carbons (Fsp3) is 0.786. The quantitative estimate of drug-likeness (QED) is 0.672. The zero-order valence-electron chi connectivity index (χ0n) is 12.2. The first kappa shape index (κ1) is 17.6. The second-order valence-corrected chi connectivity index (χ2v) is 5.47. The first-order valence-electron chi connectivity index (χ1n) is 6.77. The molecule has 0 saturated carbocycles. The van der Waals surface area contributed by atoms with Crippen LogP contribution in [-0.4, -0.2) is 28.8 Å². The van der Waals surface area contributed by atoms with Crippen LogP contribution >= 0.6 is 0 Å². The molecule has 0 spiro atoms. The highest BCUT2D eigenvalue weighted by Gasteiger charge is 2.18. The molecule has 19 heavy (non-hydrogen) atoms. The number of Topliss-reactive ketones (excluding diaryl/α,β-unsaturated/α-hetero) is 1. The molecular formula is C14H25NO4. The van der Waals surface area contributed by atoms with Crippen LogP contribution in [-0.2, 0) is 14.4 Å². The van der Waals surface area contributed by atoms with Gasteiger partial charge in [-0.3, -0.25) is 14.4 Å². The molecule has 5 nitrogen and oxygen atoms in total. The van der Waals surface area contributed by atoms with Gasteiger partial charge in [0.05, 0.1) is 0 Å². The minimum absolute atomic E-state index is 0.0358. The summed E-state index contributed by atoms with van der Waals surface area (Å²) in [5.74, 6) is -0.862. The van der Waals surface area contributed by atoms with E-state index >= 15 is 0 Å². The van der Waals surface area contributed by atoms with Gasteiger partial charge in [0.1, 0.15) is 5.78 Å². The number of hydrogen-bond acceptors (Lipinski definition) is 3. The zero-order valence-corrected chi connectivity index (χ0v) is 12.2. The average molecular weight is 271 g/mol. The van der Waals surface area contributed by atoms with Crippen molar-refractivity contribution in [2.75, 3.05) is 0 Å². The molecule has 110 valence electrons. The lowest BCUT2D eigenvalue weighted by molar-refractivity contribution is -0.137. The van der Waals surface area contributed by atoms with Crippen LogP contribution in [0.2, 0.25) is 0 Å². The van der Waals surface area contributed by atoms with Crippen LogP contribution in [0.5, 0.6) is 0 Å². The molecule has 0 aliphatic rings. The van der Waals surface area contributed by atoms with Gasteiger partial charge in [-0.05, 0) is 12.3 Å². The van der Waals surface area contributed by atoms with Gasteiger partial charge in [0, 0.05) is 31.2 Å². The summed E-state index contributed by atoms with van der Waals surface area (Å²) in [5.41, 5.74) is 0. The Labute approximate surface area is 114 Å². The maximum Gasteiger partial charge on any atom is 0.303 e. The molecule has 1 amide bonds. The van der Waals surface area contributed by atoms with Gasteiger partial charge in [-0.25, -0.2) is 0 Å². The van der Waals surface area contributed by atoms with E-state index in [0.717, 1.165) is 0 Å². The first-order chi connectivity index (χ1) is 8.73. The lowest BCUT2D eigenvalue weighted by Crippen LogP contribution is -2.39. The van der Waals surface area contributed by atoms with Gasteiger partial charge in [-0.1, -0.05) is 27.7 Å². The van der Waals surface area contributed by atoms with Gasteiger partial charge in [-0.15, -0.1) is 0 Å². The van der Waals surface area contributed by atoms with E-state index in [2.05, 4.69) is 5.32 Å². The molecule has 1 unspecified atom stereocenters. The average Bonchev–Trinajstić information content (AvgIpc) is 2.30. The van der Waals surface area contributed by atoms with Crippen molar-refractivity contribution in [2.24, 2.45) is 11.8 Å². The Morgan fingerprint density at radius 3 is 2.00 bits per heavy atom. The molecule has 0 aromatic carbocycles. The van der Waals surface area contributed by atoms with Crippen molar-refractivity contribution >= 4 is 17.7 Å². The molecular weight excluding hydrogens is 246 g/mol. The summed E-state index contributed by atoms with van der Waals surface area (Å²) in [7, 11) is 0. The summed E-state index contributed by atoms with van der Waals surface area (Å²) < 4.78 is 0. The predicted molar refractivity (Wildman–Crippen MR) is 72.7 cm³/mol. The second kappa shape index (κ2) is 8.67. The van der Waals surface area contributed by atoms with E-state index in [4.69, 9.17) is 5.11 Å². The largest absolute Gasteiger partial charge is 0.481 e. The fourth-order valence-electron chi connectivity index (χ4n) is 1.66. The monoisotopic (exact) mass is 271 g/mol. The number of nitrogens with one attached hydrogen (secondary N) is 1. The molecule has 0 heterocycles. The maximum atomic E-state index is 11.7. The van der Waals surface area contributed by atoms with Crippen LogP contribution in [0.4, 0.5) is 0 Å². The number of carbonyl (C=O) groups is 3. The summed E-state index contributed by atoms with van der Waals surface area (Å²) in [5, 5.41) is 11.5. The summed E-state index contributed by atoms with van der Waals surface area (Å²) in [6.45, 7) is 7.49. The second-order valence-electron chi connectivity index (χ2n) is 5.47. The summed E-state index contributed by atoms with van der Waals surface area (Å²) in [4.78, 5) is 33.7. The molecule has 2 N–H and O–H groups in total. The molecule has 0 bridgehead atoms. The van der Waals surface area contributed by atoms with Crippen molar-refractivity contribution in [2.45, 2.75) is 59.4 Å². The van der Waals surface area contributed by atoms with Crippen LogP contribution in [0, 0.1) is 11.8 Å². The predicted octanol–water partition coefficient (Wildman–Crippen LogP) is 2.00. The van der Waals surface area contributed by atoms with Gasteiger partial charge in [0.25, 0.3) is 0 Å². The van der Waals surface area contributed by atoms with E-state index in [9.17, 15) is 14.4 Å². The number of ketones is 1. The van der Waals surface area contributed by atoms with Crippen molar-refractivity contribution in [3.05, 3.63) is 0 Å². The van der Waals surface area contributed by atoms with Crippen molar-refractivity contribution in [3.8, 4) is 0 Å². The van der Waals surface area contributed by atoms with Gasteiger partial charge < -0.3 is 10.4 Å². The number of carboxylic acids is 1. The normalized spacial score (nSPS) is 12.5. The molecule has 0 aromatic heterocycles. The minimum Gasteiger partial charge on any atom is -0.481 e. The number of amides is 1. The van der Waals surface area contributed by atoms with Crippen molar-refractivity contribution in [1.29, 1.82) is 0 Å². The SMILES string of the molecule is CC(C)C(=O)CCC(=O)NC(CCC(=O)O)C(C)C. The molecule has 0 rings (SSSR count). The third-order valence-corrected chi connectivity index (χ3v) is 3.06. The van der Waals surface area contributed by atoms with E-state index in [0.29, 0.717) is 6.42 Å². The molecule has 0 saturated heterocycles. The van der Waals surface area contributed by atoms with Crippen molar-refractivity contribution < 1.29 is 19.5 Å². The number of carboxylic acid groups (broad SMARTS) is 1. The van der Waals surface area contributed by atoms with E-state index in [1.165, 1.54) is 0 Å². The van der Waals surface area contributed by atoms with Gasteiger partial charge >= 0.3 is 5.97 Å². The van der Waals surface area contributed by atoms with E-state index in [-0.39, 0.29) is 48.8 Å². The number of aliphatic carboxylic acids is 1. The zero-order chi connectivity index (χ0) is 15.0. The number of carbonyl (C=O) groups excluding carboxylic acids is 2. The van der Waals surface area contributed by atoms with Crippen molar-refractivity contribution in [3.63, 3.8) is 0 Å². The Hall–Kier alpha value is -1.39. The topological polar surface area (TPSA) is 83.5 Å². The highest BCUT2D eigenvalue weighted by Crippen LogP contribution is 2.10. The van der Waals surface area contributed by atoms with Crippen LogP contribution in [0.25, 0.3) is 0 Å². The van der Waals surface area contributed by atoms with Crippen molar-refractivity contribution in [1.82, 2.24) is 5.32 Å². The molecule has 0 fully saturated rings. The van der Waals surface area contributed by atoms with Crippen LogP contribution in [0.15, 0.2) is 0 Å². The third kappa shape index (κ3) is 8.35. The Morgan fingerprint density at radius 1 is 1.00 bits per heavy atom. The lowest BCUT2D eigenvalue weighted by Gasteiger charge is -2.21. The maximum absolute atomic E-state index is 11.7. The molecule has 0 aromatic rings. The number of hydrogen-bond donors (Lipinski definition) is 2. The molecule has 1 atom stereocenters. The Kier molecular flexibility index (Phi) is 8.03. The molecule has 0 aliphatic carbocycles. The lowest BCUT2D eigenvalue weighted by atomic mass is 9.98. The van der Waals surface area contributed by atoms with Crippen LogP contribution in [0.3, 0.4) is 0 Å². The third-order valence-electron chi connectivity index (χ3n) is 3.06. The van der Waals surface area contributed by atoms with E-state index < -0.39 is 5.97 Å². The molecule has 0 radical (unpaired) electrons. The highest BCUT2D eigenvalue weighted by molar-refractivity contribution is 5.86. The van der Waals surface area contributed by atoms with Gasteiger partial charge in [-0.2, -0.15) is 0 Å². The highest BCUT2D eigenvalue weighted by atomic mass is 16.4. The standard InChI is InChI=1S/C14H25NO4/c1-9(2)11(5-8-14(18)19)15-13(17)7-6-12(16)10(3)4/h9-11H,5-8H2,1-4H3,(H,15,17)(H,18,19). The van der Waals surface area contributed by atoms with E-state index in [1.54, 1.807) is 0 Å². The first-order valence-corrected chi connectivity index (χ1v) is 6.77. The molecule has 0 aliphatic heterocycles. The Balaban J connectivity index is 4.17. The van der Waals surface area contributed by atoms with Crippen LogP contribution < -0.4 is 5.32 Å². The van der Waals surface area contributed by atoms with Gasteiger partial charge in [0.2, 0.25) is 5.91 Å². The Bertz CT molecular complexity index is 323. The van der Waals surface area contributed by atoms with E-state index in [1.807, 2.05) is 27.7 Å². The van der Waals surface area contributed by atoms with Crippen LogP contribution in [0.1, 0.15) is 53.4 Å². The summed E-state index contributed by atoms with van der Waals surface area (Å²) in [6.07, 6.45) is 0.867. The molecule has 5 heteroatoms. The van der Waals surface area contributed by atoms with Gasteiger partial charge in [0.15, 0.2) is 0 Å². The fourth-order valence-corrected chi connectivity index (χ4v) is 1.66.